The predicted octanol–water partition coefficient (Wildman–Crippen LogP) is 4.01. The van der Waals surface area contributed by atoms with Gasteiger partial charge >= 0.3 is 0 Å². The van der Waals surface area contributed by atoms with Gasteiger partial charge in [0, 0.05) is 54.4 Å². The molecular weight excluding hydrogens is 361 g/mol. The molecule has 1 saturated heterocycles. The quantitative estimate of drug-likeness (QED) is 0.526. The maximum atomic E-state index is 13.5. The Morgan fingerprint density at radius 2 is 1.74 bits per heavy atom. The molecule has 0 bridgehead atoms. The van der Waals surface area contributed by atoms with Crippen LogP contribution in [0.25, 0.3) is 21.1 Å². The number of rotatable bonds is 2. The summed E-state index contributed by atoms with van der Waals surface area (Å²) in [4.78, 5) is 20.2. The van der Waals surface area contributed by atoms with E-state index in [0.29, 0.717) is 5.52 Å². The summed E-state index contributed by atoms with van der Waals surface area (Å²) in [7, 11) is 0. The smallest absolute Gasteiger partial charge is 0.140 e. The Balaban J connectivity index is 1.42. The second-order valence-corrected chi connectivity index (χ2v) is 7.97. The summed E-state index contributed by atoms with van der Waals surface area (Å²) < 4.78 is 13.5. The Hall–Kier alpha value is -2.80. The predicted molar refractivity (Wildman–Crippen MR) is 108 cm³/mol. The highest BCUT2D eigenvalue weighted by molar-refractivity contribution is 7.18. The van der Waals surface area contributed by atoms with Crippen LogP contribution in [0.1, 0.15) is 4.88 Å². The second-order valence-electron chi connectivity index (χ2n) is 6.74. The second kappa shape index (κ2) is 6.42. The molecule has 5 rings (SSSR count). The third kappa shape index (κ3) is 2.88. The lowest BCUT2D eigenvalue weighted by molar-refractivity contribution is 0.629. The highest BCUT2D eigenvalue weighted by atomic mass is 32.1. The molecule has 0 unspecified atom stereocenters. The first-order chi connectivity index (χ1) is 13.2. The van der Waals surface area contributed by atoms with Crippen molar-refractivity contribution >= 4 is 44.0 Å². The molecule has 0 aliphatic carbocycles. The normalized spacial score (nSPS) is 15.0. The molecule has 0 saturated carbocycles. The highest BCUT2D eigenvalue weighted by Crippen LogP contribution is 2.31. The minimum absolute atomic E-state index is 0.254. The van der Waals surface area contributed by atoms with Crippen molar-refractivity contribution in [3.8, 4) is 0 Å². The van der Waals surface area contributed by atoms with Crippen molar-refractivity contribution < 1.29 is 4.39 Å². The molecule has 5 nitrogen and oxygen atoms in total. The molecule has 0 spiro atoms. The number of aryl methyl sites for hydroxylation is 1. The summed E-state index contributed by atoms with van der Waals surface area (Å²) in [6, 6.07) is 9.00. The van der Waals surface area contributed by atoms with E-state index in [2.05, 4.69) is 37.7 Å². The first kappa shape index (κ1) is 16.4. The van der Waals surface area contributed by atoms with Crippen LogP contribution in [0.2, 0.25) is 0 Å². The van der Waals surface area contributed by atoms with Crippen LogP contribution in [0, 0.1) is 12.7 Å². The van der Waals surface area contributed by atoms with Gasteiger partial charge in [0.2, 0.25) is 0 Å². The van der Waals surface area contributed by atoms with E-state index < -0.39 is 0 Å². The molecule has 0 atom stereocenters. The molecule has 3 aromatic heterocycles. The van der Waals surface area contributed by atoms with E-state index in [1.807, 2.05) is 12.1 Å². The molecule has 4 heterocycles. The number of fused-ring (bicyclic) bond motifs is 2. The molecular formula is C20H18FN5S. The molecule has 1 aliphatic heterocycles. The van der Waals surface area contributed by atoms with Gasteiger partial charge in [-0.25, -0.2) is 14.4 Å². The van der Waals surface area contributed by atoms with E-state index in [9.17, 15) is 4.39 Å². The fourth-order valence-corrected chi connectivity index (χ4v) is 4.60. The van der Waals surface area contributed by atoms with Gasteiger partial charge in [-0.15, -0.1) is 11.3 Å². The molecule has 1 fully saturated rings. The van der Waals surface area contributed by atoms with Gasteiger partial charge in [-0.1, -0.05) is 0 Å². The van der Waals surface area contributed by atoms with Gasteiger partial charge in [0.25, 0.3) is 0 Å². The monoisotopic (exact) mass is 379 g/mol. The zero-order valence-electron chi connectivity index (χ0n) is 14.9. The number of aromatic nitrogens is 3. The van der Waals surface area contributed by atoms with E-state index in [1.165, 1.54) is 17.0 Å². The van der Waals surface area contributed by atoms with Crippen LogP contribution in [-0.4, -0.2) is 41.1 Å². The van der Waals surface area contributed by atoms with Gasteiger partial charge in [-0.3, -0.25) is 4.98 Å². The number of nitrogens with zero attached hydrogens (tertiary/aromatic N) is 5. The van der Waals surface area contributed by atoms with E-state index in [1.54, 1.807) is 23.9 Å². The molecule has 4 aromatic rings. The lowest BCUT2D eigenvalue weighted by Crippen LogP contribution is -2.47. The van der Waals surface area contributed by atoms with Crippen LogP contribution in [-0.2, 0) is 0 Å². The Morgan fingerprint density at radius 3 is 2.59 bits per heavy atom. The molecule has 136 valence electrons. The van der Waals surface area contributed by atoms with Gasteiger partial charge in [0.05, 0.1) is 10.9 Å². The average molecular weight is 379 g/mol. The van der Waals surface area contributed by atoms with Crippen LogP contribution in [0.4, 0.5) is 15.9 Å². The number of thiophene rings is 1. The summed E-state index contributed by atoms with van der Waals surface area (Å²) in [5.74, 6) is 0.765. The van der Waals surface area contributed by atoms with Gasteiger partial charge < -0.3 is 9.80 Å². The van der Waals surface area contributed by atoms with Crippen molar-refractivity contribution in [2.75, 3.05) is 36.0 Å². The number of pyridine rings is 1. The largest absolute Gasteiger partial charge is 0.367 e. The molecule has 1 aromatic carbocycles. The lowest BCUT2D eigenvalue weighted by atomic mass is 10.1. The summed E-state index contributed by atoms with van der Waals surface area (Å²) in [5.41, 5.74) is 1.81. The van der Waals surface area contributed by atoms with Crippen LogP contribution in [0.5, 0.6) is 0 Å². The summed E-state index contributed by atoms with van der Waals surface area (Å²) in [5, 5.41) is 2.13. The van der Waals surface area contributed by atoms with E-state index >= 15 is 0 Å². The van der Waals surface area contributed by atoms with Crippen molar-refractivity contribution in [3.63, 3.8) is 0 Å². The first-order valence-corrected chi connectivity index (χ1v) is 9.76. The first-order valence-electron chi connectivity index (χ1n) is 8.94. The number of hydrogen-bond donors (Lipinski definition) is 0. The Kier molecular flexibility index (Phi) is 3.89. The Morgan fingerprint density at radius 1 is 0.926 bits per heavy atom. The van der Waals surface area contributed by atoms with E-state index in [4.69, 9.17) is 0 Å². The van der Waals surface area contributed by atoms with Crippen molar-refractivity contribution in [2.24, 2.45) is 0 Å². The standard InChI is InChI=1S/C20H18FN5S/c1-13-10-16-19(23-12-24-20(16)27-13)26-8-6-25(7-9-26)18-4-5-22-17-11-14(21)2-3-15(17)18/h2-5,10-12H,6-9H2,1H3. The minimum atomic E-state index is -0.254. The molecule has 0 N–H and O–H groups in total. The van der Waals surface area contributed by atoms with Crippen LogP contribution >= 0.6 is 11.3 Å². The third-order valence-corrected chi connectivity index (χ3v) is 5.99. The number of anilines is 2. The van der Waals surface area contributed by atoms with Crippen LogP contribution in [0.3, 0.4) is 0 Å². The number of benzene rings is 1. The molecule has 1 aliphatic rings. The average Bonchev–Trinajstić information content (AvgIpc) is 3.07. The summed E-state index contributed by atoms with van der Waals surface area (Å²) >= 11 is 1.70. The number of halogens is 1. The maximum absolute atomic E-state index is 13.5. The molecule has 7 heteroatoms. The highest BCUT2D eigenvalue weighted by Gasteiger charge is 2.22. The van der Waals surface area contributed by atoms with Gasteiger partial charge in [0.1, 0.15) is 22.8 Å². The van der Waals surface area contributed by atoms with E-state index in [-0.39, 0.29) is 5.82 Å². The van der Waals surface area contributed by atoms with Gasteiger partial charge in [-0.2, -0.15) is 0 Å². The Bertz CT molecular complexity index is 1130. The SMILES string of the molecule is Cc1cc2c(N3CCN(c4ccnc5cc(F)ccc45)CC3)ncnc2s1. The van der Waals surface area contributed by atoms with E-state index in [0.717, 1.165) is 53.3 Å². The van der Waals surface area contributed by atoms with Gasteiger partial charge in [0.15, 0.2) is 0 Å². The fraction of sp³-hybridized carbons (Fsp3) is 0.250. The van der Waals surface area contributed by atoms with Crippen molar-refractivity contribution in [3.05, 3.63) is 53.6 Å². The Labute approximate surface area is 160 Å². The minimum Gasteiger partial charge on any atom is -0.367 e. The summed E-state index contributed by atoms with van der Waals surface area (Å²) in [6.07, 6.45) is 3.41. The fourth-order valence-electron chi connectivity index (χ4n) is 3.76. The third-order valence-electron chi connectivity index (χ3n) is 5.03. The zero-order valence-corrected chi connectivity index (χ0v) is 15.7. The number of piperazine rings is 1. The van der Waals surface area contributed by atoms with Crippen LogP contribution < -0.4 is 9.80 Å². The molecule has 0 amide bonds. The van der Waals surface area contributed by atoms with Crippen molar-refractivity contribution in [1.82, 2.24) is 15.0 Å². The van der Waals surface area contributed by atoms with Crippen molar-refractivity contribution in [1.29, 1.82) is 0 Å². The number of hydrogen-bond acceptors (Lipinski definition) is 6. The van der Waals surface area contributed by atoms with Crippen molar-refractivity contribution in [2.45, 2.75) is 6.92 Å². The maximum Gasteiger partial charge on any atom is 0.140 e. The lowest BCUT2D eigenvalue weighted by Gasteiger charge is -2.37. The molecule has 27 heavy (non-hydrogen) atoms. The van der Waals surface area contributed by atoms with Gasteiger partial charge in [-0.05, 0) is 31.2 Å². The topological polar surface area (TPSA) is 45.2 Å². The van der Waals surface area contributed by atoms with Crippen LogP contribution in [0.15, 0.2) is 42.9 Å². The zero-order chi connectivity index (χ0) is 18.4. The summed E-state index contributed by atoms with van der Waals surface area (Å²) in [6.45, 7) is 5.62. The molecule has 0 radical (unpaired) electrons.